The van der Waals surface area contributed by atoms with Crippen LogP contribution in [0.1, 0.15) is 25.8 Å². The number of hydrogen-bond acceptors (Lipinski definition) is 3. The number of likely N-dealkylation sites (N-methyl/N-ethyl adjacent to an activating group) is 1. The molecule has 4 heteroatoms. The van der Waals surface area contributed by atoms with E-state index in [1.807, 2.05) is 0 Å². The van der Waals surface area contributed by atoms with Crippen molar-refractivity contribution < 1.29 is 0 Å². The molecular formula is C16H26BrN3. The van der Waals surface area contributed by atoms with E-state index in [1.54, 1.807) is 0 Å². The first-order valence-corrected chi connectivity index (χ1v) is 8.35. The lowest BCUT2D eigenvalue weighted by atomic mass is 10.1. The quantitative estimate of drug-likeness (QED) is 0.831. The van der Waals surface area contributed by atoms with Crippen molar-refractivity contribution in [3.05, 3.63) is 28.2 Å². The molecule has 1 saturated heterocycles. The van der Waals surface area contributed by atoms with E-state index >= 15 is 0 Å². The van der Waals surface area contributed by atoms with Crippen LogP contribution in [0.25, 0.3) is 0 Å². The highest BCUT2D eigenvalue weighted by molar-refractivity contribution is 9.10. The fourth-order valence-electron chi connectivity index (χ4n) is 2.56. The highest BCUT2D eigenvalue weighted by Gasteiger charge is 2.21. The number of nitrogens with zero attached hydrogens (tertiary/aromatic N) is 2. The lowest BCUT2D eigenvalue weighted by Crippen LogP contribution is -2.50. The molecule has 1 aromatic carbocycles. The Balaban J connectivity index is 2.01. The number of rotatable bonds is 5. The first-order chi connectivity index (χ1) is 9.61. The number of hydrogen-bond donors (Lipinski definition) is 1. The van der Waals surface area contributed by atoms with Crippen molar-refractivity contribution in [2.75, 3.05) is 38.1 Å². The van der Waals surface area contributed by atoms with E-state index in [0.717, 1.165) is 32.7 Å². The second-order valence-electron chi connectivity index (χ2n) is 5.73. The van der Waals surface area contributed by atoms with Crippen LogP contribution in [0.15, 0.2) is 22.7 Å². The zero-order valence-electron chi connectivity index (χ0n) is 12.8. The molecule has 1 fully saturated rings. The fourth-order valence-corrected chi connectivity index (χ4v) is 3.07. The Bertz CT molecular complexity index is 436. The molecule has 3 nitrogen and oxygen atoms in total. The largest absolute Gasteiger partial charge is 0.369 e. The van der Waals surface area contributed by atoms with Gasteiger partial charge in [0.25, 0.3) is 0 Å². The van der Waals surface area contributed by atoms with Crippen LogP contribution in [0, 0.1) is 0 Å². The monoisotopic (exact) mass is 339 g/mol. The van der Waals surface area contributed by atoms with Gasteiger partial charge in [0, 0.05) is 42.4 Å². The van der Waals surface area contributed by atoms with E-state index in [0.29, 0.717) is 6.04 Å². The van der Waals surface area contributed by atoms with Crippen LogP contribution in [-0.2, 0) is 6.54 Å². The molecule has 20 heavy (non-hydrogen) atoms. The molecule has 0 spiro atoms. The summed E-state index contributed by atoms with van der Waals surface area (Å²) in [6.45, 7) is 9.86. The van der Waals surface area contributed by atoms with Gasteiger partial charge >= 0.3 is 0 Å². The molecule has 1 heterocycles. The Kier molecular flexibility index (Phi) is 5.87. The van der Waals surface area contributed by atoms with E-state index in [-0.39, 0.29) is 0 Å². The summed E-state index contributed by atoms with van der Waals surface area (Å²) in [7, 11) is 2.21. The Labute approximate surface area is 131 Å². The van der Waals surface area contributed by atoms with Gasteiger partial charge in [-0.15, -0.1) is 0 Å². The van der Waals surface area contributed by atoms with Crippen LogP contribution in [-0.4, -0.2) is 44.2 Å². The number of benzene rings is 1. The van der Waals surface area contributed by atoms with E-state index in [4.69, 9.17) is 0 Å². The molecule has 1 aromatic rings. The zero-order chi connectivity index (χ0) is 14.5. The third-order valence-electron chi connectivity index (χ3n) is 4.10. The molecule has 0 amide bonds. The third-order valence-corrected chi connectivity index (χ3v) is 4.84. The predicted octanol–water partition coefficient (Wildman–Crippen LogP) is 3.09. The second-order valence-corrected chi connectivity index (χ2v) is 6.58. The smallest absolute Gasteiger partial charge is 0.0378 e. The Morgan fingerprint density at radius 2 is 2.15 bits per heavy atom. The number of anilines is 1. The first kappa shape index (κ1) is 15.8. The van der Waals surface area contributed by atoms with Crippen LogP contribution < -0.4 is 10.2 Å². The van der Waals surface area contributed by atoms with Gasteiger partial charge in [-0.25, -0.2) is 0 Å². The molecular weight excluding hydrogens is 314 g/mol. The standard InChI is InChI=1S/C16H26BrN3/c1-4-7-18-11-14-5-6-15(10-16(14)17)20-9-8-19(3)13(2)12-20/h5-6,10,13,18H,4,7-9,11-12H2,1-3H3. The SMILES string of the molecule is CCCNCc1ccc(N2CCN(C)C(C)C2)cc1Br. The first-order valence-electron chi connectivity index (χ1n) is 7.56. The van der Waals surface area contributed by atoms with Crippen molar-refractivity contribution in [1.82, 2.24) is 10.2 Å². The number of nitrogens with one attached hydrogen (secondary N) is 1. The molecule has 1 aliphatic rings. The summed E-state index contributed by atoms with van der Waals surface area (Å²) in [6.07, 6.45) is 1.18. The molecule has 1 unspecified atom stereocenters. The molecule has 0 aromatic heterocycles. The van der Waals surface area contributed by atoms with Crippen molar-refractivity contribution in [2.45, 2.75) is 32.9 Å². The Morgan fingerprint density at radius 3 is 2.80 bits per heavy atom. The molecule has 1 N–H and O–H groups in total. The molecule has 0 saturated carbocycles. The topological polar surface area (TPSA) is 18.5 Å². The highest BCUT2D eigenvalue weighted by atomic mass is 79.9. The van der Waals surface area contributed by atoms with Crippen LogP contribution in [0.2, 0.25) is 0 Å². The maximum atomic E-state index is 3.72. The van der Waals surface area contributed by atoms with Gasteiger partial charge in [0.1, 0.15) is 0 Å². The van der Waals surface area contributed by atoms with Gasteiger partial charge in [0.2, 0.25) is 0 Å². The van der Waals surface area contributed by atoms with Crippen molar-refractivity contribution >= 4 is 21.6 Å². The average Bonchev–Trinajstić information content (AvgIpc) is 2.44. The minimum atomic E-state index is 0.619. The van der Waals surface area contributed by atoms with E-state index < -0.39 is 0 Å². The minimum absolute atomic E-state index is 0.619. The highest BCUT2D eigenvalue weighted by Crippen LogP contribution is 2.25. The lowest BCUT2D eigenvalue weighted by Gasteiger charge is -2.39. The zero-order valence-corrected chi connectivity index (χ0v) is 14.4. The van der Waals surface area contributed by atoms with E-state index in [2.05, 4.69) is 70.1 Å². The van der Waals surface area contributed by atoms with Gasteiger partial charge in [-0.05, 0) is 44.6 Å². The van der Waals surface area contributed by atoms with E-state index in [9.17, 15) is 0 Å². The summed E-state index contributed by atoms with van der Waals surface area (Å²) in [4.78, 5) is 4.91. The summed E-state index contributed by atoms with van der Waals surface area (Å²) < 4.78 is 1.21. The van der Waals surface area contributed by atoms with Gasteiger partial charge in [0.05, 0.1) is 0 Å². The maximum Gasteiger partial charge on any atom is 0.0378 e. The van der Waals surface area contributed by atoms with Gasteiger partial charge in [-0.1, -0.05) is 28.9 Å². The molecule has 0 bridgehead atoms. The summed E-state index contributed by atoms with van der Waals surface area (Å²) >= 11 is 3.72. The van der Waals surface area contributed by atoms with Crippen LogP contribution >= 0.6 is 15.9 Å². The Morgan fingerprint density at radius 1 is 1.35 bits per heavy atom. The summed E-state index contributed by atoms with van der Waals surface area (Å²) in [5.74, 6) is 0. The van der Waals surface area contributed by atoms with Crippen LogP contribution in [0.3, 0.4) is 0 Å². The number of halogens is 1. The van der Waals surface area contributed by atoms with Crippen molar-refractivity contribution in [3.63, 3.8) is 0 Å². The van der Waals surface area contributed by atoms with Gasteiger partial charge < -0.3 is 15.1 Å². The van der Waals surface area contributed by atoms with Gasteiger partial charge in [-0.3, -0.25) is 0 Å². The van der Waals surface area contributed by atoms with Crippen LogP contribution in [0.4, 0.5) is 5.69 Å². The fraction of sp³-hybridized carbons (Fsp3) is 0.625. The molecule has 112 valence electrons. The second kappa shape index (κ2) is 7.43. The number of piperazine rings is 1. The predicted molar refractivity (Wildman–Crippen MR) is 90.4 cm³/mol. The van der Waals surface area contributed by atoms with Crippen molar-refractivity contribution in [2.24, 2.45) is 0 Å². The third kappa shape index (κ3) is 3.96. The normalized spacial score (nSPS) is 20.4. The van der Waals surface area contributed by atoms with Gasteiger partial charge in [0.15, 0.2) is 0 Å². The minimum Gasteiger partial charge on any atom is -0.369 e. The molecule has 0 aliphatic carbocycles. The lowest BCUT2D eigenvalue weighted by molar-refractivity contribution is 0.234. The average molecular weight is 340 g/mol. The van der Waals surface area contributed by atoms with Gasteiger partial charge in [-0.2, -0.15) is 0 Å². The van der Waals surface area contributed by atoms with Crippen molar-refractivity contribution in [1.29, 1.82) is 0 Å². The summed E-state index contributed by atoms with van der Waals surface area (Å²) in [5.41, 5.74) is 2.67. The molecule has 1 atom stereocenters. The van der Waals surface area contributed by atoms with E-state index in [1.165, 1.54) is 22.1 Å². The molecule has 1 aliphatic heterocycles. The molecule has 0 radical (unpaired) electrons. The van der Waals surface area contributed by atoms with Crippen LogP contribution in [0.5, 0.6) is 0 Å². The van der Waals surface area contributed by atoms with Crippen molar-refractivity contribution in [3.8, 4) is 0 Å². The summed E-state index contributed by atoms with van der Waals surface area (Å²) in [6, 6.07) is 7.38. The summed E-state index contributed by atoms with van der Waals surface area (Å²) in [5, 5.41) is 3.45. The maximum absolute atomic E-state index is 3.72. The Hall–Kier alpha value is -0.580. The molecule has 2 rings (SSSR count).